The van der Waals surface area contributed by atoms with E-state index in [0.29, 0.717) is 0 Å². The first-order valence-electron chi connectivity index (χ1n) is 12.1. The predicted molar refractivity (Wildman–Crippen MR) is 122 cm³/mol. The summed E-state index contributed by atoms with van der Waals surface area (Å²) in [4.78, 5) is 13.3. The van der Waals surface area contributed by atoms with Gasteiger partial charge in [-0.2, -0.15) is 0 Å². The molecule has 4 nitrogen and oxygen atoms in total. The Morgan fingerprint density at radius 2 is 1.80 bits per heavy atom. The molecule has 1 aromatic heterocycles. The van der Waals surface area contributed by atoms with Gasteiger partial charge in [-0.25, -0.2) is 4.68 Å². The molecule has 30 heavy (non-hydrogen) atoms. The summed E-state index contributed by atoms with van der Waals surface area (Å²) >= 11 is 0. The lowest BCUT2D eigenvalue weighted by atomic mass is 9.80. The van der Waals surface area contributed by atoms with Crippen molar-refractivity contribution in [2.24, 2.45) is 36.6 Å². The van der Waals surface area contributed by atoms with Crippen molar-refractivity contribution in [2.75, 3.05) is 6.54 Å². The van der Waals surface area contributed by atoms with Gasteiger partial charge in [0.15, 0.2) is 0 Å². The first kappa shape index (κ1) is 20.1. The zero-order valence-electron chi connectivity index (χ0n) is 18.8. The fraction of sp³-hybridized carbons (Fsp3) is 0.654. The van der Waals surface area contributed by atoms with Crippen molar-refractivity contribution < 1.29 is 0 Å². The number of benzene rings is 1. The molecule has 3 aliphatic carbocycles. The van der Waals surface area contributed by atoms with Crippen molar-refractivity contribution in [1.29, 1.82) is 0 Å². The molecule has 0 spiro atoms. The minimum absolute atomic E-state index is 0.126. The van der Waals surface area contributed by atoms with Crippen molar-refractivity contribution >= 4 is 0 Å². The third kappa shape index (κ3) is 3.47. The van der Waals surface area contributed by atoms with Gasteiger partial charge in [0.1, 0.15) is 0 Å². The number of fused-ring (bicyclic) bond motifs is 2. The smallest absolute Gasteiger partial charge is 0.275 e. The summed E-state index contributed by atoms with van der Waals surface area (Å²) in [5, 5.41) is 3.80. The van der Waals surface area contributed by atoms with Crippen LogP contribution in [-0.4, -0.2) is 15.9 Å². The highest BCUT2D eigenvalue weighted by atomic mass is 16.1. The molecule has 3 fully saturated rings. The van der Waals surface area contributed by atoms with E-state index in [1.54, 1.807) is 0 Å². The zero-order chi connectivity index (χ0) is 20.8. The van der Waals surface area contributed by atoms with Gasteiger partial charge in [-0.05, 0) is 86.3 Å². The Bertz CT molecular complexity index is 941. The van der Waals surface area contributed by atoms with Gasteiger partial charge in [0, 0.05) is 19.2 Å². The van der Waals surface area contributed by atoms with Crippen LogP contribution in [-0.2, 0) is 13.6 Å². The van der Waals surface area contributed by atoms with Gasteiger partial charge in [0.2, 0.25) is 0 Å². The highest BCUT2D eigenvalue weighted by molar-refractivity contribution is 5.34. The largest absolute Gasteiger partial charge is 0.311 e. The van der Waals surface area contributed by atoms with E-state index in [0.717, 1.165) is 59.6 Å². The van der Waals surface area contributed by atoms with Crippen molar-refractivity contribution in [2.45, 2.75) is 64.8 Å². The standard InChI is InChI=1S/C26H37N3O/c1-17(2)25-24(28(3)29(26(25)30)22-7-5-4-6-8-22)16-27-15-20-10-9-18-11-19-13-21(12-18)23(20)14-19/h4-8,17-21,23,27H,9-16H2,1-3H3. The monoisotopic (exact) mass is 407 g/mol. The molecule has 5 rings (SSSR count). The maximum Gasteiger partial charge on any atom is 0.275 e. The first-order chi connectivity index (χ1) is 14.5. The molecule has 1 aromatic carbocycles. The average molecular weight is 408 g/mol. The normalized spacial score (nSPS) is 30.2. The maximum atomic E-state index is 13.3. The van der Waals surface area contributed by atoms with Crippen LogP contribution in [0.4, 0.5) is 0 Å². The number of hydrogen-bond acceptors (Lipinski definition) is 2. The van der Waals surface area contributed by atoms with Gasteiger partial charge in [-0.1, -0.05) is 38.5 Å². The van der Waals surface area contributed by atoms with Crippen molar-refractivity contribution in [1.82, 2.24) is 14.7 Å². The third-order valence-electron chi connectivity index (χ3n) is 8.40. The second kappa shape index (κ2) is 8.03. The zero-order valence-corrected chi connectivity index (χ0v) is 18.8. The van der Waals surface area contributed by atoms with Gasteiger partial charge in [0.05, 0.1) is 11.4 Å². The molecule has 3 aliphatic rings. The van der Waals surface area contributed by atoms with E-state index >= 15 is 0 Å². The predicted octanol–water partition coefficient (Wildman–Crippen LogP) is 4.85. The number of aromatic nitrogens is 2. The van der Waals surface area contributed by atoms with Gasteiger partial charge in [-0.15, -0.1) is 0 Å². The highest BCUT2D eigenvalue weighted by Gasteiger charge is 2.45. The molecule has 162 valence electrons. The van der Waals surface area contributed by atoms with Crippen LogP contribution < -0.4 is 10.9 Å². The number of nitrogens with one attached hydrogen (secondary N) is 1. The average Bonchev–Trinajstić information content (AvgIpc) is 3.12. The summed E-state index contributed by atoms with van der Waals surface area (Å²) in [6, 6.07) is 10.0. The van der Waals surface area contributed by atoms with Crippen LogP contribution in [0.1, 0.15) is 69.5 Å². The van der Waals surface area contributed by atoms with E-state index in [-0.39, 0.29) is 11.5 Å². The summed E-state index contributed by atoms with van der Waals surface area (Å²) in [7, 11) is 2.03. The lowest BCUT2D eigenvalue weighted by Gasteiger charge is -2.26. The summed E-state index contributed by atoms with van der Waals surface area (Å²) < 4.78 is 3.90. The molecular formula is C26H37N3O. The molecule has 5 atom stereocenters. The van der Waals surface area contributed by atoms with Crippen LogP contribution in [0.3, 0.4) is 0 Å². The topological polar surface area (TPSA) is 39.0 Å². The van der Waals surface area contributed by atoms with Crippen LogP contribution >= 0.6 is 0 Å². The molecule has 3 saturated carbocycles. The second-order valence-corrected chi connectivity index (χ2v) is 10.6. The van der Waals surface area contributed by atoms with E-state index in [1.807, 2.05) is 42.1 Å². The van der Waals surface area contributed by atoms with Crippen molar-refractivity contribution in [3.63, 3.8) is 0 Å². The van der Waals surface area contributed by atoms with E-state index < -0.39 is 0 Å². The lowest BCUT2D eigenvalue weighted by Crippen LogP contribution is -2.30. The molecule has 0 amide bonds. The maximum absolute atomic E-state index is 13.3. The fourth-order valence-electron chi connectivity index (χ4n) is 7.16. The van der Waals surface area contributed by atoms with Crippen molar-refractivity contribution in [3.8, 4) is 5.69 Å². The van der Waals surface area contributed by atoms with Gasteiger partial charge in [-0.3, -0.25) is 9.48 Å². The van der Waals surface area contributed by atoms with E-state index in [4.69, 9.17) is 0 Å². The quantitative estimate of drug-likeness (QED) is 0.743. The summed E-state index contributed by atoms with van der Waals surface area (Å²) in [5.41, 5.74) is 3.16. The number of nitrogens with zero attached hydrogens (tertiary/aromatic N) is 2. The molecular weight excluding hydrogens is 370 g/mol. The van der Waals surface area contributed by atoms with Gasteiger partial charge in [0.25, 0.3) is 5.56 Å². The van der Waals surface area contributed by atoms with E-state index in [9.17, 15) is 4.79 Å². The SMILES string of the molecule is CC(C)c1c(CNCC2CCC3CC4CC(C3)C2C4)n(C)n(-c2ccccc2)c1=O. The van der Waals surface area contributed by atoms with Gasteiger partial charge < -0.3 is 5.32 Å². The Kier molecular flexibility index (Phi) is 5.38. The number of rotatable bonds is 6. The third-order valence-corrected chi connectivity index (χ3v) is 8.40. The first-order valence-corrected chi connectivity index (χ1v) is 12.1. The van der Waals surface area contributed by atoms with Crippen LogP contribution in [0, 0.1) is 29.6 Å². The Morgan fingerprint density at radius 3 is 2.57 bits per heavy atom. The Morgan fingerprint density at radius 1 is 1.03 bits per heavy atom. The van der Waals surface area contributed by atoms with Crippen LogP contribution in [0.2, 0.25) is 0 Å². The molecule has 0 aliphatic heterocycles. The summed E-state index contributed by atoms with van der Waals surface area (Å²) in [6.07, 6.45) is 8.84. The molecule has 3 bridgehead atoms. The second-order valence-electron chi connectivity index (χ2n) is 10.6. The van der Waals surface area contributed by atoms with E-state index in [2.05, 4.69) is 23.8 Å². The minimum atomic E-state index is 0.126. The van der Waals surface area contributed by atoms with Crippen LogP contribution in [0.25, 0.3) is 5.69 Å². The molecule has 1 heterocycles. The van der Waals surface area contributed by atoms with Crippen LogP contribution in [0.15, 0.2) is 35.1 Å². The number of para-hydroxylation sites is 1. The molecule has 2 aromatic rings. The Hall–Kier alpha value is -1.81. The molecule has 4 heteroatoms. The highest BCUT2D eigenvalue weighted by Crippen LogP contribution is 2.55. The fourth-order valence-corrected chi connectivity index (χ4v) is 7.16. The van der Waals surface area contributed by atoms with E-state index in [1.165, 1.54) is 38.5 Å². The van der Waals surface area contributed by atoms with Gasteiger partial charge >= 0.3 is 0 Å². The summed E-state index contributed by atoms with van der Waals surface area (Å²) in [5.74, 6) is 5.01. The Balaban J connectivity index is 1.34. The van der Waals surface area contributed by atoms with Crippen LogP contribution in [0.5, 0.6) is 0 Å². The Labute approximate surface area is 180 Å². The van der Waals surface area contributed by atoms with Crippen molar-refractivity contribution in [3.05, 3.63) is 51.9 Å². The molecule has 0 radical (unpaired) electrons. The lowest BCUT2D eigenvalue weighted by molar-refractivity contribution is 0.250. The summed E-state index contributed by atoms with van der Waals surface area (Å²) in [6.45, 7) is 6.15. The minimum Gasteiger partial charge on any atom is -0.311 e. The number of hydrogen-bond donors (Lipinski definition) is 1. The molecule has 0 saturated heterocycles. The molecule has 5 unspecified atom stereocenters. The molecule has 1 N–H and O–H groups in total.